The highest BCUT2D eigenvalue weighted by molar-refractivity contribution is 7.89. The normalized spacial score (nSPS) is 12.2. The Morgan fingerprint density at radius 1 is 1.50 bits per heavy atom. The van der Waals surface area contributed by atoms with E-state index >= 15 is 0 Å². The molecule has 6 heteroatoms. The van der Waals surface area contributed by atoms with E-state index < -0.39 is 10.0 Å². The molecular formula is C10H18N2O2S2. The summed E-state index contributed by atoms with van der Waals surface area (Å²) in [6.07, 6.45) is 0. The fourth-order valence-corrected chi connectivity index (χ4v) is 3.59. The van der Waals surface area contributed by atoms with E-state index in [1.165, 1.54) is 4.31 Å². The van der Waals surface area contributed by atoms with Crippen molar-refractivity contribution < 1.29 is 8.42 Å². The van der Waals surface area contributed by atoms with Gasteiger partial charge in [-0.3, -0.25) is 0 Å². The summed E-state index contributed by atoms with van der Waals surface area (Å²) in [5.41, 5.74) is 0. The largest absolute Gasteiger partial charge is 0.319 e. The zero-order chi connectivity index (χ0) is 12.0. The number of rotatable bonds is 7. The van der Waals surface area contributed by atoms with Crippen molar-refractivity contribution in [3.63, 3.8) is 0 Å². The first kappa shape index (κ1) is 13.6. The Bertz CT molecular complexity index is 387. The minimum absolute atomic E-state index is 0.155. The summed E-state index contributed by atoms with van der Waals surface area (Å²) in [6.45, 7) is 3.36. The molecule has 0 fully saturated rings. The van der Waals surface area contributed by atoms with Gasteiger partial charge in [0.05, 0.1) is 5.75 Å². The number of hydrogen-bond acceptors (Lipinski definition) is 4. The molecule has 0 atom stereocenters. The van der Waals surface area contributed by atoms with Crippen LogP contribution in [-0.4, -0.2) is 38.6 Å². The van der Waals surface area contributed by atoms with Crippen molar-refractivity contribution >= 4 is 21.4 Å². The van der Waals surface area contributed by atoms with Gasteiger partial charge in [-0.05, 0) is 18.5 Å². The summed E-state index contributed by atoms with van der Waals surface area (Å²) in [4.78, 5) is 1.08. The number of hydrogen-bond donors (Lipinski definition) is 1. The minimum atomic E-state index is -3.13. The van der Waals surface area contributed by atoms with Gasteiger partial charge in [-0.25, -0.2) is 8.42 Å². The number of nitrogens with zero attached hydrogens (tertiary/aromatic N) is 1. The fourth-order valence-electron chi connectivity index (χ4n) is 1.34. The predicted octanol–water partition coefficient (Wildman–Crippen LogP) is 1.12. The van der Waals surface area contributed by atoms with Crippen molar-refractivity contribution in [2.24, 2.45) is 0 Å². The first-order valence-electron chi connectivity index (χ1n) is 5.25. The predicted molar refractivity (Wildman–Crippen MR) is 68.1 cm³/mol. The number of thiophene rings is 1. The van der Waals surface area contributed by atoms with Gasteiger partial charge in [0.2, 0.25) is 10.0 Å². The molecule has 1 N–H and O–H groups in total. The molecule has 0 saturated heterocycles. The molecule has 0 aromatic carbocycles. The molecule has 0 radical (unpaired) electrons. The number of sulfonamides is 1. The molecule has 1 rings (SSSR count). The van der Waals surface area contributed by atoms with Crippen LogP contribution >= 0.6 is 11.3 Å². The lowest BCUT2D eigenvalue weighted by Gasteiger charge is -2.19. The van der Waals surface area contributed by atoms with Gasteiger partial charge in [0.15, 0.2) is 0 Å². The summed E-state index contributed by atoms with van der Waals surface area (Å²) < 4.78 is 25.4. The van der Waals surface area contributed by atoms with Crippen molar-refractivity contribution in [1.82, 2.24) is 9.62 Å². The first-order chi connectivity index (χ1) is 7.60. The maximum Gasteiger partial charge on any atom is 0.215 e. The first-order valence-corrected chi connectivity index (χ1v) is 7.74. The molecular weight excluding hydrogens is 244 g/mol. The van der Waals surface area contributed by atoms with E-state index in [-0.39, 0.29) is 5.75 Å². The van der Waals surface area contributed by atoms with Gasteiger partial charge in [-0.1, -0.05) is 13.0 Å². The van der Waals surface area contributed by atoms with Gasteiger partial charge in [-0.15, -0.1) is 11.3 Å². The Labute approximate surface area is 101 Å². The Kier molecular flexibility index (Phi) is 5.40. The SMILES string of the molecule is CCN(Cc1cccs1)S(=O)(=O)CCNC. The maximum absolute atomic E-state index is 11.9. The van der Waals surface area contributed by atoms with Crippen LogP contribution in [0.25, 0.3) is 0 Å². The molecule has 1 heterocycles. The summed E-state index contributed by atoms with van der Waals surface area (Å²) in [6, 6.07) is 3.90. The summed E-state index contributed by atoms with van der Waals surface area (Å²) in [7, 11) is -1.38. The highest BCUT2D eigenvalue weighted by atomic mass is 32.2. The molecule has 0 spiro atoms. The van der Waals surface area contributed by atoms with Crippen molar-refractivity contribution in [2.75, 3.05) is 25.9 Å². The highest BCUT2D eigenvalue weighted by Gasteiger charge is 2.20. The van der Waals surface area contributed by atoms with Gasteiger partial charge < -0.3 is 5.32 Å². The van der Waals surface area contributed by atoms with E-state index in [9.17, 15) is 8.42 Å². The molecule has 0 amide bonds. The van der Waals surface area contributed by atoms with Crippen molar-refractivity contribution in [3.8, 4) is 0 Å². The van der Waals surface area contributed by atoms with Crippen LogP contribution < -0.4 is 5.32 Å². The third-order valence-electron chi connectivity index (χ3n) is 2.27. The molecule has 92 valence electrons. The fraction of sp³-hybridized carbons (Fsp3) is 0.600. The van der Waals surface area contributed by atoms with Crippen molar-refractivity contribution in [3.05, 3.63) is 22.4 Å². The van der Waals surface area contributed by atoms with E-state index in [0.717, 1.165) is 4.88 Å². The zero-order valence-electron chi connectivity index (χ0n) is 9.64. The van der Waals surface area contributed by atoms with Gasteiger partial charge >= 0.3 is 0 Å². The van der Waals surface area contributed by atoms with Crippen molar-refractivity contribution in [1.29, 1.82) is 0 Å². The molecule has 0 aliphatic rings. The third kappa shape index (κ3) is 3.86. The zero-order valence-corrected chi connectivity index (χ0v) is 11.3. The van der Waals surface area contributed by atoms with E-state index in [1.54, 1.807) is 18.4 Å². The van der Waals surface area contributed by atoms with Crippen LogP contribution in [0.4, 0.5) is 0 Å². The third-order valence-corrected chi connectivity index (χ3v) is 5.02. The lowest BCUT2D eigenvalue weighted by Crippen LogP contribution is -2.35. The Morgan fingerprint density at radius 3 is 2.75 bits per heavy atom. The van der Waals surface area contributed by atoms with E-state index in [2.05, 4.69) is 5.32 Å². The summed E-state index contributed by atoms with van der Waals surface area (Å²) in [5.74, 6) is 0.155. The molecule has 0 bridgehead atoms. The molecule has 4 nitrogen and oxygen atoms in total. The van der Waals surface area contributed by atoms with Crippen LogP contribution in [0.3, 0.4) is 0 Å². The smallest absolute Gasteiger partial charge is 0.215 e. The lowest BCUT2D eigenvalue weighted by molar-refractivity contribution is 0.426. The van der Waals surface area contributed by atoms with Crippen LogP contribution in [0.5, 0.6) is 0 Å². The summed E-state index contributed by atoms with van der Waals surface area (Å²) in [5, 5.41) is 4.82. The Morgan fingerprint density at radius 2 is 2.25 bits per heavy atom. The molecule has 1 aromatic heterocycles. The molecule has 0 aliphatic heterocycles. The van der Waals surface area contributed by atoms with Crippen LogP contribution in [0.2, 0.25) is 0 Å². The minimum Gasteiger partial charge on any atom is -0.319 e. The van der Waals surface area contributed by atoms with E-state index in [1.807, 2.05) is 24.4 Å². The highest BCUT2D eigenvalue weighted by Crippen LogP contribution is 2.14. The van der Waals surface area contributed by atoms with Gasteiger partial charge in [-0.2, -0.15) is 4.31 Å². The quantitative estimate of drug-likeness (QED) is 0.801. The van der Waals surface area contributed by atoms with E-state index in [4.69, 9.17) is 0 Å². The number of nitrogens with one attached hydrogen (secondary N) is 1. The molecule has 0 saturated carbocycles. The Hall–Kier alpha value is -0.430. The van der Waals surface area contributed by atoms with Crippen LogP contribution in [-0.2, 0) is 16.6 Å². The molecule has 1 aromatic rings. The summed E-state index contributed by atoms with van der Waals surface area (Å²) >= 11 is 1.58. The van der Waals surface area contributed by atoms with Crippen LogP contribution in [0, 0.1) is 0 Å². The lowest BCUT2D eigenvalue weighted by atomic mass is 10.4. The average Bonchev–Trinajstić information content (AvgIpc) is 2.75. The van der Waals surface area contributed by atoms with Gasteiger partial charge in [0, 0.05) is 24.5 Å². The average molecular weight is 262 g/mol. The molecule has 0 aliphatic carbocycles. The second kappa shape index (κ2) is 6.34. The topological polar surface area (TPSA) is 49.4 Å². The van der Waals surface area contributed by atoms with Crippen molar-refractivity contribution in [2.45, 2.75) is 13.5 Å². The van der Waals surface area contributed by atoms with Crippen LogP contribution in [0.1, 0.15) is 11.8 Å². The second-order valence-corrected chi connectivity index (χ2v) is 6.55. The van der Waals surface area contributed by atoms with E-state index in [0.29, 0.717) is 19.6 Å². The standard InChI is InChI=1S/C10H18N2O2S2/c1-3-12(9-10-5-4-7-15-10)16(13,14)8-6-11-2/h4-5,7,11H,3,6,8-9H2,1-2H3. The maximum atomic E-state index is 11.9. The molecule has 16 heavy (non-hydrogen) atoms. The second-order valence-electron chi connectivity index (χ2n) is 3.43. The van der Waals surface area contributed by atoms with Gasteiger partial charge in [0.1, 0.15) is 0 Å². The molecule has 0 unspecified atom stereocenters. The Balaban J connectivity index is 2.66. The van der Waals surface area contributed by atoms with Gasteiger partial charge in [0.25, 0.3) is 0 Å². The monoisotopic (exact) mass is 262 g/mol. The van der Waals surface area contributed by atoms with Crippen LogP contribution in [0.15, 0.2) is 17.5 Å².